The van der Waals surface area contributed by atoms with Crippen molar-refractivity contribution in [1.82, 2.24) is 4.98 Å². The number of nitrogens with zero attached hydrogens (tertiary/aromatic N) is 1. The van der Waals surface area contributed by atoms with Gasteiger partial charge in [0, 0.05) is 23.4 Å². The van der Waals surface area contributed by atoms with Gasteiger partial charge in [-0.25, -0.2) is 0 Å². The van der Waals surface area contributed by atoms with Gasteiger partial charge < -0.3 is 14.6 Å². The maximum Gasteiger partial charge on any atom is 0.130 e. The zero-order valence-electron chi connectivity index (χ0n) is 12.0. The van der Waals surface area contributed by atoms with Crippen LogP contribution >= 0.6 is 0 Å². The maximum atomic E-state index is 9.71. The third kappa shape index (κ3) is 3.48. The lowest BCUT2D eigenvalue weighted by Gasteiger charge is -2.13. The van der Waals surface area contributed by atoms with E-state index in [1.54, 1.807) is 14.0 Å². The molecule has 106 valence electrons. The van der Waals surface area contributed by atoms with Crippen LogP contribution in [0.3, 0.4) is 0 Å². The third-order valence-corrected chi connectivity index (χ3v) is 2.96. The molecule has 20 heavy (non-hydrogen) atoms. The zero-order valence-corrected chi connectivity index (χ0v) is 12.0. The molecule has 4 heteroatoms. The van der Waals surface area contributed by atoms with Gasteiger partial charge in [0.15, 0.2) is 0 Å². The number of aliphatic hydroxyl groups is 1. The van der Waals surface area contributed by atoms with Crippen LogP contribution in [0.4, 0.5) is 0 Å². The van der Waals surface area contributed by atoms with E-state index in [1.807, 2.05) is 43.3 Å². The Hall–Kier alpha value is -2.07. The van der Waals surface area contributed by atoms with Crippen LogP contribution in [0.5, 0.6) is 11.5 Å². The lowest BCUT2D eigenvalue weighted by molar-refractivity contribution is 0.189. The van der Waals surface area contributed by atoms with Crippen molar-refractivity contribution in [2.24, 2.45) is 0 Å². The molecule has 0 unspecified atom stereocenters. The fraction of sp³-hybridized carbons (Fsp3) is 0.312. The summed E-state index contributed by atoms with van der Waals surface area (Å²) in [6.45, 7) is 3.97. The summed E-state index contributed by atoms with van der Waals surface area (Å²) >= 11 is 0. The van der Waals surface area contributed by atoms with E-state index in [2.05, 4.69) is 4.98 Å². The van der Waals surface area contributed by atoms with Crippen LogP contribution in [0.1, 0.15) is 30.0 Å². The van der Waals surface area contributed by atoms with Crippen molar-refractivity contribution in [1.29, 1.82) is 0 Å². The first-order valence-corrected chi connectivity index (χ1v) is 6.51. The minimum Gasteiger partial charge on any atom is -0.497 e. The quantitative estimate of drug-likeness (QED) is 0.909. The van der Waals surface area contributed by atoms with Gasteiger partial charge in [-0.05, 0) is 19.9 Å². The van der Waals surface area contributed by atoms with E-state index in [4.69, 9.17) is 9.47 Å². The first kappa shape index (κ1) is 14.3. The van der Waals surface area contributed by atoms with Crippen LogP contribution in [0.25, 0.3) is 0 Å². The van der Waals surface area contributed by atoms with Crippen molar-refractivity contribution in [3.63, 3.8) is 0 Å². The first-order chi connectivity index (χ1) is 9.60. The summed E-state index contributed by atoms with van der Waals surface area (Å²) < 4.78 is 11.0. The summed E-state index contributed by atoms with van der Waals surface area (Å²) in [6.07, 6.45) is -0.564. The molecule has 1 atom stereocenters. The highest BCUT2D eigenvalue weighted by molar-refractivity contribution is 5.35. The van der Waals surface area contributed by atoms with Gasteiger partial charge in [-0.2, -0.15) is 0 Å². The fourth-order valence-electron chi connectivity index (χ4n) is 2.00. The molecule has 0 aliphatic carbocycles. The molecular weight excluding hydrogens is 254 g/mol. The Kier molecular flexibility index (Phi) is 4.58. The SMILES string of the molecule is COc1cc(C)nc(COc2ccccc2[C@H](C)O)c1. The summed E-state index contributed by atoms with van der Waals surface area (Å²) in [5.41, 5.74) is 2.45. The molecule has 0 aliphatic heterocycles. The largest absolute Gasteiger partial charge is 0.497 e. The Bertz CT molecular complexity index is 582. The molecular formula is C16H19NO3. The second-order valence-electron chi connectivity index (χ2n) is 4.64. The van der Waals surface area contributed by atoms with Gasteiger partial charge in [0.05, 0.1) is 18.9 Å². The number of aryl methyl sites for hydroxylation is 1. The Morgan fingerprint density at radius 1 is 1.25 bits per heavy atom. The molecule has 4 nitrogen and oxygen atoms in total. The Morgan fingerprint density at radius 3 is 2.70 bits per heavy atom. The number of aliphatic hydroxyl groups excluding tert-OH is 1. The highest BCUT2D eigenvalue weighted by Gasteiger charge is 2.09. The number of ether oxygens (including phenoxy) is 2. The monoisotopic (exact) mass is 273 g/mol. The normalized spacial score (nSPS) is 12.0. The van der Waals surface area contributed by atoms with Gasteiger partial charge in [-0.15, -0.1) is 0 Å². The molecule has 0 saturated heterocycles. The van der Waals surface area contributed by atoms with Gasteiger partial charge in [-0.3, -0.25) is 4.98 Å². The molecule has 1 aromatic carbocycles. The van der Waals surface area contributed by atoms with E-state index < -0.39 is 6.10 Å². The van der Waals surface area contributed by atoms with Gasteiger partial charge >= 0.3 is 0 Å². The van der Waals surface area contributed by atoms with Gasteiger partial charge in [-0.1, -0.05) is 18.2 Å². The summed E-state index contributed by atoms with van der Waals surface area (Å²) in [7, 11) is 1.63. The molecule has 0 aliphatic rings. The number of pyridine rings is 1. The molecule has 0 saturated carbocycles. The average molecular weight is 273 g/mol. The Morgan fingerprint density at radius 2 is 2.00 bits per heavy atom. The molecule has 1 N–H and O–H groups in total. The van der Waals surface area contributed by atoms with Crippen LogP contribution < -0.4 is 9.47 Å². The Balaban J connectivity index is 2.15. The highest BCUT2D eigenvalue weighted by Crippen LogP contribution is 2.25. The molecule has 0 bridgehead atoms. The number of methoxy groups -OCH3 is 1. The predicted molar refractivity (Wildman–Crippen MR) is 76.9 cm³/mol. The zero-order chi connectivity index (χ0) is 14.5. The molecule has 1 heterocycles. The standard InChI is InChI=1S/C16H19NO3/c1-11-8-14(19-3)9-13(17-11)10-20-16-7-5-4-6-15(16)12(2)18/h4-9,12,18H,10H2,1-3H3/t12-/m0/s1. The molecule has 2 aromatic rings. The number of rotatable bonds is 5. The maximum absolute atomic E-state index is 9.71. The van der Waals surface area contributed by atoms with Crippen molar-refractivity contribution >= 4 is 0 Å². The number of hydrogen-bond donors (Lipinski definition) is 1. The second kappa shape index (κ2) is 6.39. The smallest absolute Gasteiger partial charge is 0.130 e. The van der Waals surface area contributed by atoms with Crippen LogP contribution in [0.2, 0.25) is 0 Å². The molecule has 2 rings (SSSR count). The van der Waals surface area contributed by atoms with E-state index in [9.17, 15) is 5.11 Å². The van der Waals surface area contributed by atoms with Crippen LogP contribution in [0, 0.1) is 6.92 Å². The molecule has 0 fully saturated rings. The lowest BCUT2D eigenvalue weighted by Crippen LogP contribution is -2.03. The van der Waals surface area contributed by atoms with E-state index >= 15 is 0 Å². The van der Waals surface area contributed by atoms with E-state index in [0.29, 0.717) is 12.4 Å². The minimum absolute atomic E-state index is 0.335. The van der Waals surface area contributed by atoms with Crippen molar-refractivity contribution in [2.75, 3.05) is 7.11 Å². The van der Waals surface area contributed by atoms with Crippen LogP contribution in [0.15, 0.2) is 36.4 Å². The first-order valence-electron chi connectivity index (χ1n) is 6.51. The number of para-hydroxylation sites is 1. The van der Waals surface area contributed by atoms with Crippen LogP contribution in [-0.4, -0.2) is 17.2 Å². The number of benzene rings is 1. The molecule has 0 amide bonds. The fourth-order valence-corrected chi connectivity index (χ4v) is 2.00. The molecule has 1 aromatic heterocycles. The summed E-state index contributed by atoms with van der Waals surface area (Å²) in [5.74, 6) is 1.43. The van der Waals surface area contributed by atoms with Gasteiger partial charge in [0.25, 0.3) is 0 Å². The summed E-state index contributed by atoms with van der Waals surface area (Å²) in [6, 6.07) is 11.2. The number of aromatic nitrogens is 1. The van der Waals surface area contributed by atoms with Crippen molar-refractivity contribution < 1.29 is 14.6 Å². The van der Waals surface area contributed by atoms with E-state index in [1.165, 1.54) is 0 Å². The number of hydrogen-bond acceptors (Lipinski definition) is 4. The minimum atomic E-state index is -0.564. The molecule has 0 spiro atoms. The third-order valence-electron chi connectivity index (χ3n) is 2.96. The summed E-state index contributed by atoms with van der Waals surface area (Å²) in [4.78, 5) is 4.40. The second-order valence-corrected chi connectivity index (χ2v) is 4.64. The average Bonchev–Trinajstić information content (AvgIpc) is 2.44. The van der Waals surface area contributed by atoms with E-state index in [-0.39, 0.29) is 0 Å². The highest BCUT2D eigenvalue weighted by atomic mass is 16.5. The topological polar surface area (TPSA) is 51.6 Å². The van der Waals surface area contributed by atoms with E-state index in [0.717, 1.165) is 22.7 Å². The van der Waals surface area contributed by atoms with Gasteiger partial charge in [0.1, 0.15) is 18.1 Å². The van der Waals surface area contributed by atoms with Crippen LogP contribution in [-0.2, 0) is 6.61 Å². The summed E-state index contributed by atoms with van der Waals surface area (Å²) in [5, 5.41) is 9.71. The lowest BCUT2D eigenvalue weighted by atomic mass is 10.1. The van der Waals surface area contributed by atoms with Crippen molar-refractivity contribution in [3.05, 3.63) is 53.3 Å². The van der Waals surface area contributed by atoms with Crippen molar-refractivity contribution in [3.8, 4) is 11.5 Å². The Labute approximate surface area is 119 Å². The van der Waals surface area contributed by atoms with Crippen molar-refractivity contribution in [2.45, 2.75) is 26.6 Å². The molecule has 0 radical (unpaired) electrons. The van der Waals surface area contributed by atoms with Gasteiger partial charge in [0.2, 0.25) is 0 Å². The predicted octanol–water partition coefficient (Wildman–Crippen LogP) is 3.03.